The summed E-state index contributed by atoms with van der Waals surface area (Å²) in [6, 6.07) is 9.72. The van der Waals surface area contributed by atoms with E-state index in [4.69, 9.17) is 0 Å². The molecule has 120 valence electrons. The summed E-state index contributed by atoms with van der Waals surface area (Å²) >= 11 is 0. The molecule has 2 aromatic rings. The predicted octanol–water partition coefficient (Wildman–Crippen LogP) is 0.634. The lowest BCUT2D eigenvalue weighted by Gasteiger charge is -2.16. The normalized spacial score (nSPS) is 10.2. The Balaban J connectivity index is 2.39. The molecule has 0 amide bonds. The van der Waals surface area contributed by atoms with Gasteiger partial charge in [0, 0.05) is 40.4 Å². The van der Waals surface area contributed by atoms with Crippen LogP contribution in [-0.4, -0.2) is 23.2 Å². The van der Waals surface area contributed by atoms with Gasteiger partial charge in [0.2, 0.25) is 0 Å². The van der Waals surface area contributed by atoms with Crippen LogP contribution in [0.25, 0.3) is 0 Å². The first-order chi connectivity index (χ1) is 10.9. The van der Waals surface area contributed by atoms with Crippen molar-refractivity contribution in [2.75, 3.05) is 24.3 Å². The van der Waals surface area contributed by atoms with Gasteiger partial charge in [0.15, 0.2) is 5.56 Å². The summed E-state index contributed by atoms with van der Waals surface area (Å²) in [5.41, 5.74) is 0.882. The monoisotopic (exact) mass is 313 g/mol. The van der Waals surface area contributed by atoms with E-state index in [2.05, 4.69) is 5.32 Å². The highest BCUT2D eigenvalue weighted by molar-refractivity contribution is 5.52. The zero-order chi connectivity index (χ0) is 17.1. The third-order valence-corrected chi connectivity index (χ3v) is 3.66. The fraction of sp³-hybridized carbons (Fsp3) is 0.312. The fourth-order valence-electron chi connectivity index (χ4n) is 2.28. The van der Waals surface area contributed by atoms with Crippen LogP contribution in [0.3, 0.4) is 0 Å². The number of hydrogen-bond acceptors (Lipinski definition) is 5. The molecular weight excluding hydrogens is 294 g/mol. The third kappa shape index (κ3) is 3.11. The van der Waals surface area contributed by atoms with Crippen molar-refractivity contribution < 1.29 is 0 Å². The molecule has 1 aromatic carbocycles. The Kier molecular flexibility index (Phi) is 4.55. The van der Waals surface area contributed by atoms with Gasteiger partial charge in [0.25, 0.3) is 5.56 Å². The van der Waals surface area contributed by atoms with Crippen LogP contribution in [0, 0.1) is 11.3 Å². The summed E-state index contributed by atoms with van der Waals surface area (Å²) in [4.78, 5) is 26.0. The lowest BCUT2D eigenvalue weighted by Crippen LogP contribution is -2.39. The molecule has 0 bridgehead atoms. The number of aromatic nitrogens is 2. The van der Waals surface area contributed by atoms with Crippen LogP contribution < -0.4 is 21.5 Å². The Morgan fingerprint density at radius 3 is 2.52 bits per heavy atom. The number of rotatable bonds is 4. The number of nitrogens with zero attached hydrogens (tertiary/aromatic N) is 4. The number of nitrogens with one attached hydrogen (secondary N) is 1. The molecule has 7 nitrogen and oxygen atoms in total. The Labute approximate surface area is 134 Å². The molecule has 2 rings (SSSR count). The summed E-state index contributed by atoms with van der Waals surface area (Å²) in [6.45, 7) is 0.400. The largest absolute Gasteiger partial charge is 0.378 e. The molecule has 0 aliphatic heterocycles. The van der Waals surface area contributed by atoms with Crippen LogP contribution in [0.15, 0.2) is 33.9 Å². The van der Waals surface area contributed by atoms with E-state index >= 15 is 0 Å². The first kappa shape index (κ1) is 16.4. The highest BCUT2D eigenvalue weighted by Gasteiger charge is 2.15. The van der Waals surface area contributed by atoms with Crippen molar-refractivity contribution in [1.29, 1.82) is 5.26 Å². The average Bonchev–Trinajstić information content (AvgIpc) is 2.55. The molecule has 0 saturated heterocycles. The van der Waals surface area contributed by atoms with Gasteiger partial charge >= 0.3 is 5.69 Å². The Morgan fingerprint density at radius 1 is 1.22 bits per heavy atom. The lowest BCUT2D eigenvalue weighted by molar-refractivity contribution is 0.685. The maximum atomic E-state index is 12.0. The van der Waals surface area contributed by atoms with Crippen molar-refractivity contribution >= 4 is 11.5 Å². The van der Waals surface area contributed by atoms with Crippen molar-refractivity contribution in [3.05, 3.63) is 56.2 Å². The van der Waals surface area contributed by atoms with Crippen molar-refractivity contribution in [3.8, 4) is 6.07 Å². The van der Waals surface area contributed by atoms with E-state index in [-0.39, 0.29) is 11.4 Å². The molecule has 0 saturated carbocycles. The van der Waals surface area contributed by atoms with Gasteiger partial charge in [-0.2, -0.15) is 5.26 Å². The molecule has 1 heterocycles. The van der Waals surface area contributed by atoms with Crippen LogP contribution in [0.1, 0.15) is 11.1 Å². The quantitative estimate of drug-likeness (QED) is 0.895. The second-order valence-electron chi connectivity index (χ2n) is 5.46. The number of benzene rings is 1. The molecule has 1 aromatic heterocycles. The summed E-state index contributed by atoms with van der Waals surface area (Å²) in [5.74, 6) is 0.232. The van der Waals surface area contributed by atoms with Gasteiger partial charge in [-0.25, -0.2) is 4.79 Å². The lowest BCUT2D eigenvalue weighted by atomic mass is 10.2. The van der Waals surface area contributed by atoms with Crippen LogP contribution in [-0.2, 0) is 20.6 Å². The van der Waals surface area contributed by atoms with Gasteiger partial charge in [-0.3, -0.25) is 13.9 Å². The topological polar surface area (TPSA) is 83.1 Å². The van der Waals surface area contributed by atoms with Gasteiger partial charge in [-0.15, -0.1) is 0 Å². The average molecular weight is 313 g/mol. The standard InChI is InChI=1S/C16H19N5O2/c1-19(2)12-7-5-6-11(8-12)10-18-14-13(9-17)15(22)21(4)16(23)20(14)3/h5-8,18H,10H2,1-4H3. The minimum Gasteiger partial charge on any atom is -0.378 e. The van der Waals surface area contributed by atoms with E-state index in [0.29, 0.717) is 6.54 Å². The molecule has 23 heavy (non-hydrogen) atoms. The Morgan fingerprint density at radius 2 is 1.91 bits per heavy atom. The van der Waals surface area contributed by atoms with Crippen LogP contribution in [0.2, 0.25) is 0 Å². The zero-order valence-electron chi connectivity index (χ0n) is 13.6. The molecule has 0 fully saturated rings. The summed E-state index contributed by atoms with van der Waals surface area (Å²) in [7, 11) is 6.78. The van der Waals surface area contributed by atoms with Crippen LogP contribution >= 0.6 is 0 Å². The van der Waals surface area contributed by atoms with Crippen LogP contribution in [0.4, 0.5) is 11.5 Å². The van der Waals surface area contributed by atoms with Gasteiger partial charge in [0.1, 0.15) is 11.9 Å². The number of anilines is 2. The molecule has 0 atom stereocenters. The minimum atomic E-state index is -0.597. The molecule has 0 radical (unpaired) electrons. The highest BCUT2D eigenvalue weighted by Crippen LogP contribution is 2.15. The second-order valence-corrected chi connectivity index (χ2v) is 5.46. The van der Waals surface area contributed by atoms with E-state index < -0.39 is 11.2 Å². The van der Waals surface area contributed by atoms with E-state index in [1.807, 2.05) is 49.3 Å². The van der Waals surface area contributed by atoms with Crippen LogP contribution in [0.5, 0.6) is 0 Å². The maximum Gasteiger partial charge on any atom is 0.332 e. The van der Waals surface area contributed by atoms with E-state index in [9.17, 15) is 14.9 Å². The first-order valence-electron chi connectivity index (χ1n) is 7.07. The molecule has 0 aliphatic carbocycles. The Hall–Kier alpha value is -3.01. The third-order valence-electron chi connectivity index (χ3n) is 3.66. The Bertz CT molecular complexity index is 887. The summed E-state index contributed by atoms with van der Waals surface area (Å²) < 4.78 is 2.20. The highest BCUT2D eigenvalue weighted by atomic mass is 16.2. The minimum absolute atomic E-state index is 0.0710. The van der Waals surface area contributed by atoms with Gasteiger partial charge < -0.3 is 10.2 Å². The zero-order valence-corrected chi connectivity index (χ0v) is 13.6. The molecule has 0 spiro atoms. The number of nitriles is 1. The molecular formula is C16H19N5O2. The molecule has 7 heteroatoms. The van der Waals surface area contributed by atoms with E-state index in [1.165, 1.54) is 18.7 Å². The molecule has 1 N–H and O–H groups in total. The van der Waals surface area contributed by atoms with E-state index in [1.54, 1.807) is 0 Å². The first-order valence-corrected chi connectivity index (χ1v) is 7.07. The SMILES string of the molecule is CN(C)c1cccc(CNc2c(C#N)c(=O)n(C)c(=O)n2C)c1. The van der Waals surface area contributed by atoms with Gasteiger partial charge in [-0.1, -0.05) is 12.1 Å². The van der Waals surface area contributed by atoms with Crippen molar-refractivity contribution in [1.82, 2.24) is 9.13 Å². The fourth-order valence-corrected chi connectivity index (χ4v) is 2.28. The second kappa shape index (κ2) is 6.40. The van der Waals surface area contributed by atoms with Crippen molar-refractivity contribution in [2.24, 2.45) is 14.1 Å². The summed E-state index contributed by atoms with van der Waals surface area (Å²) in [6.07, 6.45) is 0. The van der Waals surface area contributed by atoms with Crippen molar-refractivity contribution in [3.63, 3.8) is 0 Å². The van der Waals surface area contributed by atoms with Gasteiger partial charge in [0.05, 0.1) is 0 Å². The predicted molar refractivity (Wildman–Crippen MR) is 89.7 cm³/mol. The summed E-state index contributed by atoms with van der Waals surface area (Å²) in [5, 5.41) is 12.3. The smallest absolute Gasteiger partial charge is 0.332 e. The molecule has 0 unspecified atom stereocenters. The van der Waals surface area contributed by atoms with Crippen molar-refractivity contribution in [2.45, 2.75) is 6.54 Å². The molecule has 0 aliphatic rings. The van der Waals surface area contributed by atoms with Gasteiger partial charge in [-0.05, 0) is 17.7 Å². The van der Waals surface area contributed by atoms with E-state index in [0.717, 1.165) is 15.8 Å². The maximum absolute atomic E-state index is 12.0. The number of hydrogen-bond donors (Lipinski definition) is 1.